The Balaban J connectivity index is 2.61. The number of aliphatic hydroxyl groups excluding tert-OH is 3. The first-order valence-corrected chi connectivity index (χ1v) is 6.97. The Labute approximate surface area is 114 Å². The summed E-state index contributed by atoms with van der Waals surface area (Å²) in [6.07, 6.45) is 1.47. The summed E-state index contributed by atoms with van der Waals surface area (Å²) in [6.45, 7) is 7.23. The van der Waals surface area contributed by atoms with E-state index in [1.54, 1.807) is 13.0 Å². The van der Waals surface area contributed by atoms with E-state index in [1.807, 2.05) is 20.8 Å². The van der Waals surface area contributed by atoms with Gasteiger partial charge in [-0.2, -0.15) is 0 Å². The standard InChI is InChI=1S/C15H26O4/c1-9-5-11(18)12-13(2,3)6-10(17)7-14(12,4)15(9,19)8-16/h5,10-12,16-19H,6-8H2,1-4H3/t10-,11+,12-,14-,15-/m0/s1. The fourth-order valence-corrected chi connectivity index (χ4v) is 4.80. The Bertz CT molecular complexity index is 403. The highest BCUT2D eigenvalue weighted by molar-refractivity contribution is 5.30. The SMILES string of the molecule is CC1=C[C@@H](O)[C@H]2C(C)(C)C[C@H](O)C[C@]2(C)[C@]1(O)CO. The molecule has 0 unspecified atom stereocenters. The van der Waals surface area contributed by atoms with Gasteiger partial charge in [0.25, 0.3) is 0 Å². The van der Waals surface area contributed by atoms with E-state index in [0.29, 0.717) is 18.4 Å². The zero-order chi connectivity index (χ0) is 14.6. The predicted molar refractivity (Wildman–Crippen MR) is 72.4 cm³/mol. The molecule has 2 rings (SSSR count). The largest absolute Gasteiger partial charge is 0.393 e. The molecule has 0 heterocycles. The van der Waals surface area contributed by atoms with Gasteiger partial charge in [0.15, 0.2) is 0 Å². The second-order valence-corrected chi connectivity index (χ2v) is 7.30. The Morgan fingerprint density at radius 3 is 2.32 bits per heavy atom. The molecule has 0 aromatic heterocycles. The maximum absolute atomic E-state index is 10.9. The van der Waals surface area contributed by atoms with E-state index in [4.69, 9.17) is 0 Å². The molecule has 2 aliphatic carbocycles. The van der Waals surface area contributed by atoms with E-state index in [9.17, 15) is 20.4 Å². The fourth-order valence-electron chi connectivity index (χ4n) is 4.80. The molecule has 0 amide bonds. The maximum Gasteiger partial charge on any atom is 0.114 e. The van der Waals surface area contributed by atoms with Gasteiger partial charge in [0.1, 0.15) is 5.60 Å². The van der Waals surface area contributed by atoms with Gasteiger partial charge in [0, 0.05) is 11.3 Å². The van der Waals surface area contributed by atoms with Crippen molar-refractivity contribution in [2.75, 3.05) is 6.61 Å². The highest BCUT2D eigenvalue weighted by atomic mass is 16.3. The van der Waals surface area contributed by atoms with E-state index in [0.717, 1.165) is 0 Å². The van der Waals surface area contributed by atoms with Crippen molar-refractivity contribution in [3.05, 3.63) is 11.6 Å². The minimum Gasteiger partial charge on any atom is -0.393 e. The van der Waals surface area contributed by atoms with Crippen molar-refractivity contribution in [1.29, 1.82) is 0 Å². The molecule has 0 aromatic rings. The van der Waals surface area contributed by atoms with E-state index >= 15 is 0 Å². The van der Waals surface area contributed by atoms with E-state index in [2.05, 4.69) is 0 Å². The third-order valence-electron chi connectivity index (χ3n) is 5.54. The topological polar surface area (TPSA) is 80.9 Å². The van der Waals surface area contributed by atoms with Crippen molar-refractivity contribution >= 4 is 0 Å². The van der Waals surface area contributed by atoms with Crippen LogP contribution in [0.2, 0.25) is 0 Å². The lowest BCUT2D eigenvalue weighted by molar-refractivity contribution is -0.205. The highest BCUT2D eigenvalue weighted by Crippen LogP contribution is 2.60. The van der Waals surface area contributed by atoms with Crippen LogP contribution in [0, 0.1) is 16.7 Å². The van der Waals surface area contributed by atoms with Gasteiger partial charge in [-0.15, -0.1) is 0 Å². The van der Waals surface area contributed by atoms with E-state index in [1.165, 1.54) is 0 Å². The lowest BCUT2D eigenvalue weighted by Gasteiger charge is -2.61. The lowest BCUT2D eigenvalue weighted by atomic mass is 9.46. The molecule has 4 nitrogen and oxygen atoms in total. The molecule has 1 fully saturated rings. The summed E-state index contributed by atoms with van der Waals surface area (Å²) in [4.78, 5) is 0. The zero-order valence-corrected chi connectivity index (χ0v) is 12.2. The molecule has 0 radical (unpaired) electrons. The minimum absolute atomic E-state index is 0.191. The maximum atomic E-state index is 10.9. The monoisotopic (exact) mass is 270 g/mol. The Hall–Kier alpha value is -0.420. The first kappa shape index (κ1) is 15.0. The van der Waals surface area contributed by atoms with Gasteiger partial charge in [-0.25, -0.2) is 0 Å². The average molecular weight is 270 g/mol. The molecule has 0 saturated heterocycles. The summed E-state index contributed by atoms with van der Waals surface area (Å²) in [5.74, 6) is -0.191. The normalized spacial score (nSPS) is 49.5. The van der Waals surface area contributed by atoms with Crippen LogP contribution in [0.15, 0.2) is 11.6 Å². The van der Waals surface area contributed by atoms with Gasteiger partial charge in [0.05, 0.1) is 18.8 Å². The second-order valence-electron chi connectivity index (χ2n) is 7.30. The second kappa shape index (κ2) is 4.29. The summed E-state index contributed by atoms with van der Waals surface area (Å²) < 4.78 is 0. The number of rotatable bonds is 1. The predicted octanol–water partition coefficient (Wildman–Crippen LogP) is 0.834. The van der Waals surface area contributed by atoms with Crippen LogP contribution in [0.25, 0.3) is 0 Å². The van der Waals surface area contributed by atoms with Crippen LogP contribution in [0.5, 0.6) is 0 Å². The van der Waals surface area contributed by atoms with Crippen molar-refractivity contribution in [3.63, 3.8) is 0 Å². The quantitative estimate of drug-likeness (QED) is 0.532. The van der Waals surface area contributed by atoms with Crippen LogP contribution in [0.1, 0.15) is 40.5 Å². The van der Waals surface area contributed by atoms with Crippen LogP contribution in [0.3, 0.4) is 0 Å². The molecule has 110 valence electrons. The number of hydrogen-bond acceptors (Lipinski definition) is 4. The molecule has 4 heteroatoms. The molecule has 1 saturated carbocycles. The summed E-state index contributed by atoms with van der Waals surface area (Å²) in [6, 6.07) is 0. The summed E-state index contributed by atoms with van der Waals surface area (Å²) >= 11 is 0. The molecular formula is C15H26O4. The van der Waals surface area contributed by atoms with Crippen LogP contribution in [0.4, 0.5) is 0 Å². The lowest BCUT2D eigenvalue weighted by Crippen LogP contribution is -2.66. The number of fused-ring (bicyclic) bond motifs is 1. The van der Waals surface area contributed by atoms with Crippen molar-refractivity contribution in [1.82, 2.24) is 0 Å². The van der Waals surface area contributed by atoms with Gasteiger partial charge in [0.2, 0.25) is 0 Å². The van der Waals surface area contributed by atoms with Crippen LogP contribution < -0.4 is 0 Å². The Kier molecular flexibility index (Phi) is 3.38. The number of aliphatic hydroxyl groups is 4. The van der Waals surface area contributed by atoms with Gasteiger partial charge >= 0.3 is 0 Å². The summed E-state index contributed by atoms with van der Waals surface area (Å²) in [5.41, 5.74) is -1.82. The fraction of sp³-hybridized carbons (Fsp3) is 0.867. The van der Waals surface area contributed by atoms with Gasteiger partial charge in [-0.1, -0.05) is 26.8 Å². The molecule has 19 heavy (non-hydrogen) atoms. The van der Waals surface area contributed by atoms with E-state index < -0.39 is 29.8 Å². The molecule has 0 spiro atoms. The summed E-state index contributed by atoms with van der Waals surface area (Å²) in [5, 5.41) is 41.2. The van der Waals surface area contributed by atoms with Crippen molar-refractivity contribution in [3.8, 4) is 0 Å². The first-order chi connectivity index (χ1) is 8.58. The van der Waals surface area contributed by atoms with E-state index in [-0.39, 0.29) is 11.3 Å². The first-order valence-electron chi connectivity index (χ1n) is 6.97. The molecule has 0 aliphatic heterocycles. The van der Waals surface area contributed by atoms with Crippen molar-refractivity contribution in [2.24, 2.45) is 16.7 Å². The Morgan fingerprint density at radius 2 is 1.79 bits per heavy atom. The third-order valence-corrected chi connectivity index (χ3v) is 5.54. The third kappa shape index (κ3) is 1.88. The van der Waals surface area contributed by atoms with Gasteiger partial charge in [-0.3, -0.25) is 0 Å². The van der Waals surface area contributed by atoms with Crippen molar-refractivity contribution in [2.45, 2.75) is 58.3 Å². The molecular weight excluding hydrogens is 244 g/mol. The van der Waals surface area contributed by atoms with Gasteiger partial charge < -0.3 is 20.4 Å². The van der Waals surface area contributed by atoms with Gasteiger partial charge in [-0.05, 0) is 30.8 Å². The molecule has 4 N–H and O–H groups in total. The molecule has 0 bridgehead atoms. The molecule has 2 aliphatic rings. The smallest absolute Gasteiger partial charge is 0.114 e. The minimum atomic E-state index is -1.38. The number of hydrogen-bond donors (Lipinski definition) is 4. The Morgan fingerprint density at radius 1 is 1.21 bits per heavy atom. The van der Waals surface area contributed by atoms with Crippen LogP contribution in [-0.4, -0.2) is 44.8 Å². The van der Waals surface area contributed by atoms with Crippen LogP contribution in [-0.2, 0) is 0 Å². The van der Waals surface area contributed by atoms with Crippen LogP contribution >= 0.6 is 0 Å². The zero-order valence-electron chi connectivity index (χ0n) is 12.2. The average Bonchev–Trinajstić information content (AvgIpc) is 2.22. The highest BCUT2D eigenvalue weighted by Gasteiger charge is 2.63. The molecule has 5 atom stereocenters. The molecule has 0 aromatic carbocycles. The summed E-state index contributed by atoms with van der Waals surface area (Å²) in [7, 11) is 0. The van der Waals surface area contributed by atoms with Crippen molar-refractivity contribution < 1.29 is 20.4 Å².